The molecule has 0 saturated carbocycles. The van der Waals surface area contributed by atoms with E-state index in [4.69, 9.17) is 9.47 Å². The molecule has 0 aromatic carbocycles. The smallest absolute Gasteiger partial charge is 0.228 e. The number of hydrogen-bond donors (Lipinski definition) is 0. The Morgan fingerprint density at radius 2 is 2.00 bits per heavy atom. The van der Waals surface area contributed by atoms with Gasteiger partial charge >= 0.3 is 0 Å². The van der Waals surface area contributed by atoms with Crippen molar-refractivity contribution in [3.63, 3.8) is 0 Å². The Morgan fingerprint density at radius 1 is 1.25 bits per heavy atom. The molecule has 2 aliphatic rings. The summed E-state index contributed by atoms with van der Waals surface area (Å²) in [5.41, 5.74) is 0. The van der Waals surface area contributed by atoms with Crippen LogP contribution < -0.4 is 4.74 Å². The molecule has 2 aliphatic heterocycles. The topological polar surface area (TPSA) is 51.7 Å². The highest BCUT2D eigenvalue weighted by Crippen LogP contribution is 2.21. The summed E-state index contributed by atoms with van der Waals surface area (Å²) in [5, 5.41) is 0. The minimum atomic E-state index is 0.0765. The van der Waals surface area contributed by atoms with Gasteiger partial charge < -0.3 is 14.4 Å². The lowest BCUT2D eigenvalue weighted by atomic mass is 10.0. The zero-order valence-corrected chi connectivity index (χ0v) is 11.5. The normalized spacial score (nSPS) is 23.8. The van der Waals surface area contributed by atoms with Gasteiger partial charge in [0.25, 0.3) is 0 Å². The maximum absolute atomic E-state index is 12.3. The van der Waals surface area contributed by atoms with E-state index in [1.807, 2.05) is 17.0 Å². The highest BCUT2D eigenvalue weighted by Gasteiger charge is 2.31. The lowest BCUT2D eigenvalue weighted by Gasteiger charge is -2.33. The number of hydrogen-bond acceptors (Lipinski definition) is 4. The van der Waals surface area contributed by atoms with Gasteiger partial charge in [-0.3, -0.25) is 9.78 Å². The number of aromatic nitrogens is 1. The fraction of sp³-hybridized carbons (Fsp3) is 0.600. The number of piperidine rings is 1. The quantitative estimate of drug-likeness (QED) is 0.839. The van der Waals surface area contributed by atoms with Crippen LogP contribution in [0.2, 0.25) is 0 Å². The van der Waals surface area contributed by atoms with Crippen LogP contribution in [0.4, 0.5) is 0 Å². The average molecular weight is 276 g/mol. The number of ether oxygens (including phenoxy) is 2. The van der Waals surface area contributed by atoms with E-state index in [1.54, 1.807) is 12.4 Å². The molecule has 20 heavy (non-hydrogen) atoms. The number of rotatable bonds is 3. The van der Waals surface area contributed by atoms with Crippen molar-refractivity contribution in [1.82, 2.24) is 9.88 Å². The molecule has 0 N–H and O–H groups in total. The highest BCUT2D eigenvalue weighted by atomic mass is 16.5. The molecule has 0 bridgehead atoms. The summed E-state index contributed by atoms with van der Waals surface area (Å²) in [5.74, 6) is 1.19. The van der Waals surface area contributed by atoms with Crippen LogP contribution in [0.3, 0.4) is 0 Å². The number of pyridine rings is 1. The fourth-order valence-corrected chi connectivity index (χ4v) is 2.79. The van der Waals surface area contributed by atoms with Gasteiger partial charge in [0.05, 0.1) is 12.5 Å². The van der Waals surface area contributed by atoms with Crippen LogP contribution in [0.15, 0.2) is 24.5 Å². The molecule has 1 aromatic heterocycles. The van der Waals surface area contributed by atoms with Gasteiger partial charge in [0.15, 0.2) is 0 Å². The molecule has 2 saturated heterocycles. The molecule has 1 amide bonds. The largest absolute Gasteiger partial charge is 0.490 e. The summed E-state index contributed by atoms with van der Waals surface area (Å²) in [6.45, 7) is 2.88. The number of nitrogens with zero attached hydrogens (tertiary/aromatic N) is 2. The van der Waals surface area contributed by atoms with Gasteiger partial charge in [-0.15, -0.1) is 0 Å². The van der Waals surface area contributed by atoms with Crippen LogP contribution in [0.25, 0.3) is 0 Å². The molecule has 1 atom stereocenters. The maximum atomic E-state index is 12.3. The van der Waals surface area contributed by atoms with Gasteiger partial charge in [0.2, 0.25) is 5.91 Å². The number of amides is 1. The Bertz CT molecular complexity index is 438. The summed E-state index contributed by atoms with van der Waals surface area (Å²) in [6, 6.07) is 3.74. The van der Waals surface area contributed by atoms with Gasteiger partial charge in [-0.1, -0.05) is 0 Å². The lowest BCUT2D eigenvalue weighted by Crippen LogP contribution is -2.44. The Balaban J connectivity index is 1.48. The van der Waals surface area contributed by atoms with Crippen molar-refractivity contribution in [2.45, 2.75) is 25.4 Å². The molecule has 108 valence electrons. The van der Waals surface area contributed by atoms with Crippen LogP contribution >= 0.6 is 0 Å². The van der Waals surface area contributed by atoms with Crippen molar-refractivity contribution in [3.8, 4) is 5.75 Å². The Kier molecular flexibility index (Phi) is 4.16. The molecule has 0 spiro atoms. The SMILES string of the molecule is O=C([C@@H]1CCOC1)N1CCC(Oc2ccncc2)CC1. The van der Waals surface area contributed by atoms with E-state index >= 15 is 0 Å². The first-order chi connectivity index (χ1) is 9.83. The molecule has 1 aromatic rings. The van der Waals surface area contributed by atoms with Crippen LogP contribution in [0, 0.1) is 5.92 Å². The maximum Gasteiger partial charge on any atom is 0.228 e. The monoisotopic (exact) mass is 276 g/mol. The molecule has 0 radical (unpaired) electrons. The van der Waals surface area contributed by atoms with Crippen molar-refractivity contribution < 1.29 is 14.3 Å². The molecule has 5 heteroatoms. The second-order valence-electron chi connectivity index (χ2n) is 5.39. The van der Waals surface area contributed by atoms with E-state index in [2.05, 4.69) is 4.98 Å². The van der Waals surface area contributed by atoms with E-state index in [1.165, 1.54) is 0 Å². The summed E-state index contributed by atoms with van der Waals surface area (Å²) in [4.78, 5) is 18.2. The Hall–Kier alpha value is -1.62. The second kappa shape index (κ2) is 6.22. The Morgan fingerprint density at radius 3 is 2.65 bits per heavy atom. The molecule has 3 heterocycles. The minimum absolute atomic E-state index is 0.0765. The summed E-state index contributed by atoms with van der Waals surface area (Å²) < 4.78 is 11.2. The first-order valence-electron chi connectivity index (χ1n) is 7.26. The predicted octanol–water partition coefficient (Wildman–Crippen LogP) is 1.49. The molecule has 0 unspecified atom stereocenters. The van der Waals surface area contributed by atoms with E-state index in [0.29, 0.717) is 6.61 Å². The zero-order chi connectivity index (χ0) is 13.8. The highest BCUT2D eigenvalue weighted by molar-refractivity contribution is 5.79. The van der Waals surface area contributed by atoms with Crippen molar-refractivity contribution in [1.29, 1.82) is 0 Å². The van der Waals surface area contributed by atoms with Crippen molar-refractivity contribution in [2.24, 2.45) is 5.92 Å². The molecular weight excluding hydrogens is 256 g/mol. The molecule has 2 fully saturated rings. The van der Waals surface area contributed by atoms with Gasteiger partial charge in [0.1, 0.15) is 11.9 Å². The van der Waals surface area contributed by atoms with Crippen molar-refractivity contribution in [3.05, 3.63) is 24.5 Å². The van der Waals surface area contributed by atoms with Gasteiger partial charge in [-0.05, 0) is 18.6 Å². The van der Waals surface area contributed by atoms with E-state index in [-0.39, 0.29) is 17.9 Å². The van der Waals surface area contributed by atoms with Gasteiger partial charge in [-0.2, -0.15) is 0 Å². The van der Waals surface area contributed by atoms with Crippen LogP contribution in [-0.4, -0.2) is 48.2 Å². The molecular formula is C15H20N2O3. The third-order valence-corrected chi connectivity index (χ3v) is 3.99. The van der Waals surface area contributed by atoms with Crippen LogP contribution in [0.1, 0.15) is 19.3 Å². The summed E-state index contributed by atoms with van der Waals surface area (Å²) in [7, 11) is 0. The first-order valence-corrected chi connectivity index (χ1v) is 7.26. The van der Waals surface area contributed by atoms with E-state index in [0.717, 1.165) is 44.7 Å². The predicted molar refractivity (Wildman–Crippen MR) is 73.4 cm³/mol. The average Bonchev–Trinajstić information content (AvgIpc) is 3.03. The standard InChI is InChI=1S/C15H20N2O3/c18-15(12-5-10-19-11-12)17-8-3-14(4-9-17)20-13-1-6-16-7-2-13/h1-2,6-7,12,14H,3-5,8-11H2/t12-/m1/s1. The molecule has 0 aliphatic carbocycles. The first kappa shape index (κ1) is 13.4. The fourth-order valence-electron chi connectivity index (χ4n) is 2.79. The zero-order valence-electron chi connectivity index (χ0n) is 11.5. The number of carbonyl (C=O) groups excluding carboxylic acids is 1. The van der Waals surface area contributed by atoms with Gasteiger partial charge in [0, 0.05) is 44.9 Å². The number of carbonyl (C=O) groups is 1. The number of likely N-dealkylation sites (tertiary alicyclic amines) is 1. The summed E-state index contributed by atoms with van der Waals surface area (Å²) in [6.07, 6.45) is 6.30. The van der Waals surface area contributed by atoms with Crippen molar-refractivity contribution in [2.75, 3.05) is 26.3 Å². The second-order valence-corrected chi connectivity index (χ2v) is 5.39. The van der Waals surface area contributed by atoms with Crippen molar-refractivity contribution >= 4 is 5.91 Å². The third-order valence-electron chi connectivity index (χ3n) is 3.99. The summed E-state index contributed by atoms with van der Waals surface area (Å²) >= 11 is 0. The molecule has 5 nitrogen and oxygen atoms in total. The minimum Gasteiger partial charge on any atom is -0.490 e. The van der Waals surface area contributed by atoms with Gasteiger partial charge in [-0.25, -0.2) is 0 Å². The molecule has 3 rings (SSSR count). The van der Waals surface area contributed by atoms with Crippen LogP contribution in [0.5, 0.6) is 5.75 Å². The Labute approximate surface area is 118 Å². The lowest BCUT2D eigenvalue weighted by molar-refractivity contribution is -0.137. The van der Waals surface area contributed by atoms with E-state index in [9.17, 15) is 4.79 Å². The van der Waals surface area contributed by atoms with E-state index < -0.39 is 0 Å². The third kappa shape index (κ3) is 3.10. The van der Waals surface area contributed by atoms with Crippen LogP contribution in [-0.2, 0) is 9.53 Å².